The zero-order valence-corrected chi connectivity index (χ0v) is 17.5. The van der Waals surface area contributed by atoms with Crippen LogP contribution in [0.15, 0.2) is 30.3 Å². The Kier molecular flexibility index (Phi) is 7.04. The first-order chi connectivity index (χ1) is 13.9. The molecule has 1 N–H and O–H groups in total. The summed E-state index contributed by atoms with van der Waals surface area (Å²) in [6, 6.07) is 8.26. The van der Waals surface area contributed by atoms with Gasteiger partial charge in [-0.3, -0.25) is 4.79 Å². The lowest BCUT2D eigenvalue weighted by molar-refractivity contribution is -0.119. The first kappa shape index (κ1) is 21.0. The van der Waals surface area contributed by atoms with Crippen molar-refractivity contribution in [3.8, 4) is 0 Å². The minimum absolute atomic E-state index is 0.199. The van der Waals surface area contributed by atoms with Crippen LogP contribution in [-0.4, -0.2) is 30.6 Å². The summed E-state index contributed by atoms with van der Waals surface area (Å²) in [7, 11) is 0. The van der Waals surface area contributed by atoms with Crippen LogP contribution in [0.5, 0.6) is 0 Å². The molecule has 0 bridgehead atoms. The Bertz CT molecular complexity index is 862. The Hall–Kier alpha value is -2.67. The summed E-state index contributed by atoms with van der Waals surface area (Å²) in [4.78, 5) is 38.0. The van der Waals surface area contributed by atoms with Crippen molar-refractivity contribution in [2.24, 2.45) is 0 Å². The number of fused-ring (bicyclic) bond motifs is 1. The Labute approximate surface area is 174 Å². The minimum atomic E-state index is -0.468. The molecule has 154 valence electrons. The highest BCUT2D eigenvalue weighted by Crippen LogP contribution is 2.29. The number of ether oxygens (including phenoxy) is 2. The molecule has 0 spiro atoms. The molecule has 0 saturated carbocycles. The number of rotatable bonds is 6. The van der Waals surface area contributed by atoms with Gasteiger partial charge in [0.05, 0.1) is 11.7 Å². The van der Waals surface area contributed by atoms with E-state index in [1.165, 1.54) is 28.2 Å². The van der Waals surface area contributed by atoms with Crippen LogP contribution in [0.1, 0.15) is 63.6 Å². The van der Waals surface area contributed by atoms with E-state index in [1.807, 2.05) is 6.07 Å². The summed E-state index contributed by atoms with van der Waals surface area (Å²) in [6.07, 6.45) is 5.33. The monoisotopic (exact) mass is 415 g/mol. The van der Waals surface area contributed by atoms with Crippen LogP contribution >= 0.6 is 11.3 Å². The first-order valence-corrected chi connectivity index (χ1v) is 10.6. The summed E-state index contributed by atoms with van der Waals surface area (Å²) in [6.45, 7) is 3.19. The van der Waals surface area contributed by atoms with Crippen LogP contribution < -0.4 is 5.32 Å². The third-order valence-corrected chi connectivity index (χ3v) is 5.75. The molecular weight excluding hydrogens is 390 g/mol. The maximum absolute atomic E-state index is 12.3. The van der Waals surface area contributed by atoms with E-state index < -0.39 is 17.8 Å². The number of anilines is 1. The van der Waals surface area contributed by atoms with E-state index in [0.717, 1.165) is 25.7 Å². The van der Waals surface area contributed by atoms with Crippen molar-refractivity contribution >= 4 is 34.9 Å². The molecule has 0 aliphatic heterocycles. The summed E-state index contributed by atoms with van der Waals surface area (Å²) >= 11 is 1.47. The van der Waals surface area contributed by atoms with E-state index in [9.17, 15) is 14.4 Å². The maximum Gasteiger partial charge on any atom is 0.348 e. The van der Waals surface area contributed by atoms with Gasteiger partial charge in [-0.15, -0.1) is 11.3 Å². The van der Waals surface area contributed by atoms with E-state index >= 15 is 0 Å². The molecule has 0 atom stereocenters. The zero-order valence-electron chi connectivity index (χ0n) is 16.7. The number of carbonyl (C=O) groups is 3. The molecule has 0 fully saturated rings. The molecule has 0 unspecified atom stereocenters. The van der Waals surface area contributed by atoms with Crippen molar-refractivity contribution in [3.63, 3.8) is 0 Å². The molecule has 29 heavy (non-hydrogen) atoms. The molecule has 7 heteroatoms. The fourth-order valence-electron chi connectivity index (χ4n) is 3.14. The Morgan fingerprint density at radius 3 is 2.48 bits per heavy atom. The number of benzene rings is 1. The van der Waals surface area contributed by atoms with Gasteiger partial charge >= 0.3 is 11.9 Å². The number of hydrogen-bond donors (Lipinski definition) is 1. The van der Waals surface area contributed by atoms with Gasteiger partial charge in [-0.25, -0.2) is 9.59 Å². The molecule has 1 amide bonds. The number of hydrogen-bond acceptors (Lipinski definition) is 6. The van der Waals surface area contributed by atoms with E-state index in [1.54, 1.807) is 38.1 Å². The lowest BCUT2D eigenvalue weighted by Gasteiger charge is -2.09. The van der Waals surface area contributed by atoms with Crippen LogP contribution in [0.4, 0.5) is 5.69 Å². The molecule has 3 rings (SSSR count). The van der Waals surface area contributed by atoms with Crippen molar-refractivity contribution < 1.29 is 23.9 Å². The second kappa shape index (κ2) is 9.69. The normalized spacial score (nSPS) is 13.3. The molecule has 2 aromatic rings. The van der Waals surface area contributed by atoms with Gasteiger partial charge in [0.1, 0.15) is 4.88 Å². The van der Waals surface area contributed by atoms with Crippen LogP contribution in [0.3, 0.4) is 0 Å². The molecule has 1 aliphatic rings. The molecule has 1 heterocycles. The Balaban J connectivity index is 1.49. The number of nitrogens with one attached hydrogen (secondary N) is 1. The van der Waals surface area contributed by atoms with Gasteiger partial charge in [0.25, 0.3) is 5.91 Å². The second-order valence-electron chi connectivity index (χ2n) is 7.28. The predicted molar refractivity (Wildman–Crippen MR) is 111 cm³/mol. The van der Waals surface area contributed by atoms with Crippen molar-refractivity contribution in [3.05, 3.63) is 51.2 Å². The molecule has 1 aromatic carbocycles. The van der Waals surface area contributed by atoms with Crippen LogP contribution in [0, 0.1) is 0 Å². The highest BCUT2D eigenvalue weighted by molar-refractivity contribution is 7.14. The van der Waals surface area contributed by atoms with E-state index in [0.29, 0.717) is 16.1 Å². The third kappa shape index (κ3) is 5.90. The van der Waals surface area contributed by atoms with Crippen molar-refractivity contribution in [1.29, 1.82) is 0 Å². The van der Waals surface area contributed by atoms with E-state index in [4.69, 9.17) is 9.47 Å². The summed E-state index contributed by atoms with van der Waals surface area (Å²) in [5, 5.41) is 2.65. The molecule has 0 saturated heterocycles. The highest BCUT2D eigenvalue weighted by Gasteiger charge is 2.18. The van der Waals surface area contributed by atoms with Crippen molar-refractivity contribution in [2.45, 2.75) is 52.1 Å². The molecule has 6 nitrogen and oxygen atoms in total. The fourth-order valence-corrected chi connectivity index (χ4v) is 4.29. The summed E-state index contributed by atoms with van der Waals surface area (Å²) < 4.78 is 10.3. The maximum atomic E-state index is 12.3. The lowest BCUT2D eigenvalue weighted by atomic mass is 10.1. The minimum Gasteiger partial charge on any atom is -0.459 e. The molecular formula is C22H25NO5S. The van der Waals surface area contributed by atoms with Crippen molar-refractivity contribution in [1.82, 2.24) is 0 Å². The van der Waals surface area contributed by atoms with Crippen LogP contribution in [0.25, 0.3) is 0 Å². The first-order valence-electron chi connectivity index (χ1n) is 9.82. The number of thiophene rings is 1. The zero-order chi connectivity index (χ0) is 20.8. The van der Waals surface area contributed by atoms with E-state index in [-0.39, 0.29) is 12.7 Å². The third-order valence-electron chi connectivity index (χ3n) is 4.53. The summed E-state index contributed by atoms with van der Waals surface area (Å²) in [5.41, 5.74) is 2.15. The van der Waals surface area contributed by atoms with Gasteiger partial charge in [-0.1, -0.05) is 6.42 Å². The average molecular weight is 416 g/mol. The molecule has 1 aliphatic carbocycles. The van der Waals surface area contributed by atoms with Gasteiger partial charge in [-0.05, 0) is 75.4 Å². The Morgan fingerprint density at radius 2 is 1.76 bits per heavy atom. The number of aryl methyl sites for hydroxylation is 2. The highest BCUT2D eigenvalue weighted by atomic mass is 32.1. The standard InChI is InChI=1S/C22H25NO5S/c1-14(2)28-21(25)15-8-10-17(11-9-15)23-20(24)13-27-22(26)19-12-16-6-4-3-5-7-18(16)29-19/h8-12,14H,3-7,13H2,1-2H3,(H,23,24). The van der Waals surface area contributed by atoms with Gasteiger partial charge in [-0.2, -0.15) is 0 Å². The van der Waals surface area contributed by atoms with Gasteiger partial charge < -0.3 is 14.8 Å². The van der Waals surface area contributed by atoms with Crippen LogP contribution in [-0.2, 0) is 27.1 Å². The SMILES string of the molecule is CC(C)OC(=O)c1ccc(NC(=O)COC(=O)c2cc3c(s2)CCCCC3)cc1. The lowest BCUT2D eigenvalue weighted by Crippen LogP contribution is -2.20. The fraction of sp³-hybridized carbons (Fsp3) is 0.409. The predicted octanol–water partition coefficient (Wildman–Crippen LogP) is 4.38. The quantitative estimate of drug-likeness (QED) is 0.559. The number of amides is 1. The Morgan fingerprint density at radius 1 is 1.03 bits per heavy atom. The largest absolute Gasteiger partial charge is 0.459 e. The van der Waals surface area contributed by atoms with Crippen LogP contribution in [0.2, 0.25) is 0 Å². The van der Waals surface area contributed by atoms with E-state index in [2.05, 4.69) is 5.32 Å². The van der Waals surface area contributed by atoms with Gasteiger partial charge in [0, 0.05) is 10.6 Å². The molecule has 1 aromatic heterocycles. The molecule has 0 radical (unpaired) electrons. The smallest absolute Gasteiger partial charge is 0.348 e. The second-order valence-corrected chi connectivity index (χ2v) is 8.41. The topological polar surface area (TPSA) is 81.7 Å². The number of carbonyl (C=O) groups excluding carboxylic acids is 3. The number of esters is 2. The summed E-state index contributed by atoms with van der Waals surface area (Å²) in [5.74, 6) is -1.32. The van der Waals surface area contributed by atoms with Crippen molar-refractivity contribution in [2.75, 3.05) is 11.9 Å². The van der Waals surface area contributed by atoms with Gasteiger partial charge in [0.2, 0.25) is 0 Å². The average Bonchev–Trinajstić information content (AvgIpc) is 2.97. The van der Waals surface area contributed by atoms with Gasteiger partial charge in [0.15, 0.2) is 6.61 Å².